The first-order valence-electron chi connectivity index (χ1n) is 9.78. The second-order valence-electron chi connectivity index (χ2n) is 6.55. The maximum Gasteiger partial charge on any atom is 0.267 e. The van der Waals surface area contributed by atoms with Gasteiger partial charge >= 0.3 is 0 Å². The summed E-state index contributed by atoms with van der Waals surface area (Å²) in [6.45, 7) is 5.23. The van der Waals surface area contributed by atoms with Gasteiger partial charge in [0, 0.05) is 30.2 Å². The molecule has 0 aliphatic rings. The molecule has 144 valence electrons. The van der Waals surface area contributed by atoms with Crippen LogP contribution >= 0.6 is 22.7 Å². The van der Waals surface area contributed by atoms with E-state index in [1.807, 2.05) is 0 Å². The summed E-state index contributed by atoms with van der Waals surface area (Å²) in [6, 6.07) is 21.1. The quantitative estimate of drug-likeness (QED) is 0.393. The van der Waals surface area contributed by atoms with Crippen molar-refractivity contribution in [3.05, 3.63) is 93.4 Å². The molecule has 0 bridgehead atoms. The van der Waals surface area contributed by atoms with Gasteiger partial charge in [0.25, 0.3) is 9.67 Å². The number of allylic oxidation sites excluding steroid dienone is 1. The van der Waals surface area contributed by atoms with Crippen molar-refractivity contribution in [1.29, 1.82) is 0 Å². The predicted octanol–water partition coefficient (Wildman–Crippen LogP) is 5.26. The minimum atomic E-state index is 0.952. The van der Waals surface area contributed by atoms with E-state index in [-0.39, 0.29) is 0 Å². The fraction of sp³-hybridized carbons (Fsp3) is 0.120. The molecule has 4 aromatic rings. The minimum absolute atomic E-state index is 0.952. The average molecular weight is 417 g/mol. The monoisotopic (exact) mass is 416 g/mol. The van der Waals surface area contributed by atoms with Gasteiger partial charge in [-0.25, -0.2) is 0 Å². The molecule has 0 fully saturated rings. The molecule has 0 saturated carbocycles. The van der Waals surface area contributed by atoms with Crippen LogP contribution in [0.15, 0.2) is 77.5 Å². The van der Waals surface area contributed by atoms with Crippen LogP contribution in [0.3, 0.4) is 0 Å². The standard InChI is InChI=1S/C25H24N2S2/c1-3-26-22(20-12-7-5-8-13-20)18-28-24(26)16-11-17-25-27(4-2)23(19-29-25)21-14-9-6-10-15-21/h3,5-19H,4H2,1-2H3/q+2/b17-11+,24-16-,26-3?. The average Bonchev–Trinajstić information content (AvgIpc) is 3.38. The number of hydrogen-bond acceptors (Lipinski definition) is 2. The van der Waals surface area contributed by atoms with Crippen LogP contribution in [0.25, 0.3) is 34.7 Å². The molecule has 2 aromatic carbocycles. The van der Waals surface area contributed by atoms with E-state index in [0.29, 0.717) is 0 Å². The second-order valence-corrected chi connectivity index (χ2v) is 8.33. The number of rotatable bonds is 5. The van der Waals surface area contributed by atoms with E-state index in [4.69, 9.17) is 0 Å². The maximum absolute atomic E-state index is 2.37. The molecule has 0 amide bonds. The summed E-state index contributed by atoms with van der Waals surface area (Å²) in [4.78, 5) is 0. The highest BCUT2D eigenvalue weighted by molar-refractivity contribution is 7.10. The Kier molecular flexibility index (Phi) is 6.13. The van der Waals surface area contributed by atoms with E-state index in [0.717, 1.165) is 6.54 Å². The summed E-state index contributed by atoms with van der Waals surface area (Å²) >= 11 is 3.55. The third-order valence-electron chi connectivity index (χ3n) is 4.83. The van der Waals surface area contributed by atoms with E-state index in [1.54, 1.807) is 22.7 Å². The fourth-order valence-electron chi connectivity index (χ4n) is 3.41. The van der Waals surface area contributed by atoms with Gasteiger partial charge in [-0.1, -0.05) is 59.1 Å². The third-order valence-corrected chi connectivity index (χ3v) is 6.68. The molecule has 2 aromatic heterocycles. The van der Waals surface area contributed by atoms with Crippen molar-refractivity contribution in [3.63, 3.8) is 0 Å². The van der Waals surface area contributed by atoms with Crippen LogP contribution in [0.5, 0.6) is 0 Å². The van der Waals surface area contributed by atoms with Crippen molar-refractivity contribution >= 4 is 34.8 Å². The zero-order chi connectivity index (χ0) is 20.1. The van der Waals surface area contributed by atoms with Crippen LogP contribution in [0, 0.1) is 6.21 Å². The number of aromatic nitrogens is 2. The number of benzene rings is 2. The van der Waals surface area contributed by atoms with Gasteiger partial charge in [0.15, 0.2) is 0 Å². The zero-order valence-electron chi connectivity index (χ0n) is 16.7. The largest absolute Gasteiger partial charge is 0.267 e. The molecule has 0 atom stereocenters. The number of hydrogen-bond donors (Lipinski definition) is 0. The van der Waals surface area contributed by atoms with Crippen LogP contribution < -0.4 is 13.5 Å². The summed E-state index contributed by atoms with van der Waals surface area (Å²) in [5.74, 6) is 0. The van der Waals surface area contributed by atoms with Crippen LogP contribution in [0.4, 0.5) is 0 Å². The lowest BCUT2D eigenvalue weighted by atomic mass is 10.2. The van der Waals surface area contributed by atoms with E-state index in [9.17, 15) is 0 Å². The maximum atomic E-state index is 2.37. The predicted molar refractivity (Wildman–Crippen MR) is 124 cm³/mol. The van der Waals surface area contributed by atoms with E-state index in [2.05, 4.69) is 119 Å². The summed E-state index contributed by atoms with van der Waals surface area (Å²) in [5.41, 5.74) is 5.00. The molecule has 0 N–H and O–H groups in total. The fourth-order valence-corrected chi connectivity index (χ4v) is 5.38. The molecule has 4 rings (SSSR count). The molecule has 29 heavy (non-hydrogen) atoms. The van der Waals surface area contributed by atoms with Crippen molar-refractivity contribution in [1.82, 2.24) is 0 Å². The molecule has 0 aliphatic carbocycles. The summed E-state index contributed by atoms with van der Waals surface area (Å²) in [5, 5.41) is 5.73. The Labute approximate surface area is 179 Å². The highest BCUT2D eigenvalue weighted by Crippen LogP contribution is 2.21. The molecular weight excluding hydrogens is 392 g/mol. The van der Waals surface area contributed by atoms with Gasteiger partial charge in [-0.15, -0.1) is 0 Å². The Morgan fingerprint density at radius 3 is 2.07 bits per heavy atom. The van der Waals surface area contributed by atoms with E-state index < -0.39 is 0 Å². The lowest BCUT2D eigenvalue weighted by Gasteiger charge is -1.97. The first-order valence-corrected chi connectivity index (χ1v) is 11.5. The van der Waals surface area contributed by atoms with E-state index in [1.165, 1.54) is 32.2 Å². The molecule has 4 heteroatoms. The van der Waals surface area contributed by atoms with Gasteiger partial charge < -0.3 is 0 Å². The van der Waals surface area contributed by atoms with Gasteiger partial charge in [-0.05, 0) is 37.3 Å². The van der Waals surface area contributed by atoms with Crippen LogP contribution in [-0.4, -0.2) is 0 Å². The number of nitrogens with zero attached hydrogens (tertiary/aromatic N) is 2. The number of thiazole rings is 2. The topological polar surface area (TPSA) is 9.78 Å². The van der Waals surface area contributed by atoms with Crippen LogP contribution in [0.1, 0.15) is 18.9 Å². The highest BCUT2D eigenvalue weighted by atomic mass is 32.1. The summed E-state index contributed by atoms with van der Waals surface area (Å²) < 4.78 is 5.83. The van der Waals surface area contributed by atoms with Crippen molar-refractivity contribution in [2.45, 2.75) is 20.4 Å². The van der Waals surface area contributed by atoms with Gasteiger partial charge in [0.1, 0.15) is 12.8 Å². The molecule has 0 saturated heterocycles. The molecule has 0 aliphatic heterocycles. The first kappa shape index (κ1) is 19.5. The molecule has 0 spiro atoms. The smallest absolute Gasteiger partial charge is 0.182 e. The van der Waals surface area contributed by atoms with Gasteiger partial charge in [0.2, 0.25) is 11.4 Å². The molecule has 2 heterocycles. The van der Waals surface area contributed by atoms with Crippen LogP contribution in [-0.2, 0) is 6.54 Å². The Balaban J connectivity index is 1.67. The molecule has 2 nitrogen and oxygen atoms in total. The Morgan fingerprint density at radius 1 is 0.828 bits per heavy atom. The molecule has 0 unspecified atom stereocenters. The first-order chi connectivity index (χ1) is 14.3. The Bertz CT molecular complexity index is 1230. The SMILES string of the molecule is CC=[n+]1c(-c2ccccc2)cs/c1=C\C=C\c1scc(-c2ccccc2)[n+]1CC. The zero-order valence-corrected chi connectivity index (χ0v) is 18.3. The van der Waals surface area contributed by atoms with Gasteiger partial charge in [-0.2, -0.15) is 8.81 Å². The summed E-state index contributed by atoms with van der Waals surface area (Å²) in [6.07, 6.45) is 8.69. The minimum Gasteiger partial charge on any atom is -0.182 e. The van der Waals surface area contributed by atoms with Crippen molar-refractivity contribution in [2.24, 2.45) is 0 Å². The van der Waals surface area contributed by atoms with Gasteiger partial charge in [-0.3, -0.25) is 0 Å². The second kappa shape index (κ2) is 9.12. The molecular formula is C25H24N2S2+2. The Morgan fingerprint density at radius 2 is 1.45 bits per heavy atom. The Hall–Kier alpha value is -2.82. The molecule has 0 radical (unpaired) electrons. The lowest BCUT2D eigenvalue weighted by molar-refractivity contribution is -0.679. The van der Waals surface area contributed by atoms with Gasteiger partial charge in [0.05, 0.1) is 10.8 Å². The lowest BCUT2D eigenvalue weighted by Crippen LogP contribution is -2.35. The summed E-state index contributed by atoms with van der Waals surface area (Å²) in [7, 11) is 0. The van der Waals surface area contributed by atoms with Crippen molar-refractivity contribution in [3.8, 4) is 22.5 Å². The van der Waals surface area contributed by atoms with Crippen molar-refractivity contribution < 1.29 is 8.81 Å². The highest BCUT2D eigenvalue weighted by Gasteiger charge is 2.18. The third kappa shape index (κ3) is 4.14. The van der Waals surface area contributed by atoms with Crippen molar-refractivity contribution in [2.75, 3.05) is 0 Å². The normalized spacial score (nSPS) is 12.9. The van der Waals surface area contributed by atoms with E-state index >= 15 is 0 Å². The van der Waals surface area contributed by atoms with Crippen LogP contribution in [0.2, 0.25) is 0 Å².